The molecule has 0 unspecified atom stereocenters. The molecule has 4 heterocycles. The minimum Gasteiger partial charge on any atom is -1.00 e. The zero-order valence-corrected chi connectivity index (χ0v) is 62.9. The number of nitrogens with zero attached hydrogens (tertiary/aromatic N) is 8. The summed E-state index contributed by atoms with van der Waals surface area (Å²) < 4.78 is 73.3. The summed E-state index contributed by atoms with van der Waals surface area (Å²) in [6, 6.07) is 63.2. The summed E-state index contributed by atoms with van der Waals surface area (Å²) in [6.45, 7) is 0.903. The van der Waals surface area contributed by atoms with E-state index in [1.54, 1.807) is 99.9 Å². The summed E-state index contributed by atoms with van der Waals surface area (Å²) in [5, 5.41) is 50.3. The average molecular weight is 1600 g/mol. The number of pyridine rings is 4. The number of nitro benzene ring substituents is 2. The number of carboxylic acids is 1. The number of hydrogen-bond donors (Lipinski definition) is 2. The van der Waals surface area contributed by atoms with Gasteiger partial charge in [0.25, 0.3) is 23.8 Å². The van der Waals surface area contributed by atoms with E-state index in [1.807, 2.05) is 121 Å². The van der Waals surface area contributed by atoms with Crippen LogP contribution in [0.15, 0.2) is 265 Å². The average Bonchev–Trinajstić information content (AvgIpc) is 0.777. The van der Waals surface area contributed by atoms with Crippen LogP contribution in [0.1, 0.15) is 15.8 Å². The summed E-state index contributed by atoms with van der Waals surface area (Å²) in [6.07, 6.45) is 10.3. The van der Waals surface area contributed by atoms with E-state index in [0.717, 1.165) is 64.2 Å². The first-order valence-electron chi connectivity index (χ1n) is 26.7. The van der Waals surface area contributed by atoms with Gasteiger partial charge in [-0.1, -0.05) is 92.4 Å². The van der Waals surface area contributed by atoms with Crippen LogP contribution in [0.25, 0.3) is 52.8 Å². The van der Waals surface area contributed by atoms with E-state index in [0.29, 0.717) is 35.2 Å². The van der Waals surface area contributed by atoms with Crippen LogP contribution in [0.4, 0.5) is 22.7 Å². The van der Waals surface area contributed by atoms with Crippen molar-refractivity contribution in [3.8, 4) is 17.2 Å². The number of carbonyl (C=O) groups excluding carboxylic acids is 1. The summed E-state index contributed by atoms with van der Waals surface area (Å²) in [5.41, 5.74) is 1.50. The molecule has 0 aliphatic rings. The number of carbonyl (C=O) groups is 2. The van der Waals surface area contributed by atoms with E-state index in [-0.39, 0.29) is 191 Å². The first kappa shape index (κ1) is 90.6. The number of rotatable bonds is 13. The molecule has 4 aromatic heterocycles. The van der Waals surface area contributed by atoms with Crippen LogP contribution in [0, 0.1) is 26.3 Å². The molecule has 32 heteroatoms. The van der Waals surface area contributed by atoms with Crippen LogP contribution in [0.2, 0.25) is 0 Å². The van der Waals surface area contributed by atoms with Crippen molar-refractivity contribution in [3.63, 3.8) is 0 Å². The third-order valence-electron chi connectivity index (χ3n) is 11.7. The second kappa shape index (κ2) is 49.2. The van der Waals surface area contributed by atoms with Crippen LogP contribution in [0.5, 0.6) is 17.2 Å². The molecule has 25 nitrogen and oxygen atoms in total. The van der Waals surface area contributed by atoms with Crippen LogP contribution in [-0.2, 0) is 75.4 Å². The maximum atomic E-state index is 12.7. The van der Waals surface area contributed by atoms with Crippen molar-refractivity contribution in [2.45, 2.75) is 24.1 Å². The zero-order valence-electron chi connectivity index (χ0n) is 52.9. The zero-order chi connectivity index (χ0) is 67.4. The molecule has 12 rings (SSSR count). The fourth-order valence-corrected chi connectivity index (χ4v) is 9.63. The number of aliphatic carboxylic acids is 1. The van der Waals surface area contributed by atoms with Crippen molar-refractivity contribution < 1.29 is 216 Å². The van der Waals surface area contributed by atoms with Crippen molar-refractivity contribution in [2.24, 2.45) is 0 Å². The predicted octanol–water partition coefficient (Wildman–Crippen LogP) is 6.92. The van der Waals surface area contributed by atoms with Crippen LogP contribution in [0.3, 0.4) is 0 Å². The Morgan fingerprint density at radius 3 is 1.17 bits per heavy atom. The van der Waals surface area contributed by atoms with Crippen LogP contribution in [-0.4, -0.2) is 91.1 Å². The third kappa shape index (κ3) is 30.8. The molecule has 0 aliphatic heterocycles. The fourth-order valence-electron chi connectivity index (χ4n) is 7.63. The number of ether oxygens (including phenoxy) is 2. The number of hydrogen-bond acceptors (Lipinski definition) is 20. The van der Waals surface area contributed by atoms with Gasteiger partial charge in [0.1, 0.15) is 31.5 Å². The summed E-state index contributed by atoms with van der Waals surface area (Å²) in [5.74, 6) is 1.38. The molecule has 0 aliphatic carbocycles. The van der Waals surface area contributed by atoms with Gasteiger partial charge in [0, 0.05) is 105 Å². The molecule has 8 aromatic carbocycles. The van der Waals surface area contributed by atoms with Crippen molar-refractivity contribution in [3.05, 3.63) is 291 Å². The maximum absolute atomic E-state index is 12.7. The Bertz CT molecular complexity index is 4270. The summed E-state index contributed by atoms with van der Waals surface area (Å²) in [7, 11) is -4.20. The van der Waals surface area contributed by atoms with E-state index in [1.165, 1.54) is 24.3 Å². The second-order valence-electron chi connectivity index (χ2n) is 17.8. The number of carboxylic acid groups (broad SMARTS) is 1. The van der Waals surface area contributed by atoms with Crippen LogP contribution < -0.4 is 122 Å². The number of sulfonamides is 2. The molecule has 12 aromatic rings. The van der Waals surface area contributed by atoms with Gasteiger partial charge < -0.3 is 45.3 Å². The molecule has 1 radical (unpaired) electrons. The maximum Gasteiger partial charge on any atom is 2.00 e. The SMILES string of the molecule is C.CC(=O)O.COc1cc[c-]cc1.COc1ccc(O[B]O)cc1.O=CO[O-].O=[N+]([O-])c1ccc(S(=O)(=O)[N-]c2cccc3ccc4cccnc4c23)cc1.O=[N+]([O-])c1ccc(S(=O)(=O)[N-]c2cccc3ccc4cccnc4c23)cc1.[H-].[K+].[K+].[Pd+2].[Pd].c1ccncc1.c1ccncc1. The molecule has 98 heavy (non-hydrogen) atoms. The Hall–Kier alpha value is -7.38. The molecule has 0 saturated carbocycles. The van der Waals surface area contributed by atoms with E-state index in [2.05, 4.69) is 45.0 Å². The Morgan fingerprint density at radius 2 is 0.878 bits per heavy atom. The molecule has 0 spiro atoms. The van der Waals surface area contributed by atoms with Crippen molar-refractivity contribution >= 4 is 106 Å². The largest absolute Gasteiger partial charge is 2.00 e. The van der Waals surface area contributed by atoms with E-state index >= 15 is 0 Å². The van der Waals surface area contributed by atoms with Gasteiger partial charge in [-0.05, 0) is 106 Å². The number of benzene rings is 8. The van der Waals surface area contributed by atoms with Gasteiger partial charge in [0.15, 0.2) is 0 Å². The van der Waals surface area contributed by atoms with Crippen molar-refractivity contribution in [2.75, 3.05) is 14.2 Å². The fraction of sp³-hybridized carbons (Fsp3) is 0.0606. The molecular weight excluding hydrogens is 1540 g/mol. The topological polar surface area (TPSA) is 369 Å². The molecule has 0 saturated heterocycles. The molecule has 0 fully saturated rings. The molecule has 0 bridgehead atoms. The molecule has 0 amide bonds. The normalized spacial score (nSPS) is 9.52. The van der Waals surface area contributed by atoms with Gasteiger partial charge in [-0.15, -0.1) is 23.5 Å². The standard InChI is InChI=1S/2C19H12N3O4S.C7H8BO3.C7H7O.2C5H5N.C2H4O2.CH2O3.CH4.2K.2Pd.H/c2*23-22(24)15-8-10-16(11-9-15)27(25,26)21-17-5-1-3-13-6-7-14-4-2-12-20-19(14)18(13)17;1-10-6-2-4-7(5-3-6)11-8-9;1-8-7-5-3-2-4-6-7;2*1-2-4-6-5-3-1;1-2(3)4;2-1-4-3;;;;;;/h2*1-12H;2-5,9H,1H3;3-6H,1H3;2*1-5H;1H3,(H,3,4);1,3H;1H4;;;;;/q2*-1;;-1;;;;;;2*+1;;+2;-1/p-1. The Kier molecular flexibility index (Phi) is 45.5. The first-order valence-corrected chi connectivity index (χ1v) is 29.6. The Balaban J connectivity index is 0. The van der Waals surface area contributed by atoms with Crippen molar-refractivity contribution in [1.29, 1.82) is 0 Å². The number of nitro groups is 2. The van der Waals surface area contributed by atoms with Gasteiger partial charge >= 0.3 is 131 Å². The smallest absolute Gasteiger partial charge is 1.00 e. The molecule has 0 atom stereocenters. The second-order valence-corrected chi connectivity index (χ2v) is 21.0. The van der Waals surface area contributed by atoms with Crippen molar-refractivity contribution in [1.82, 2.24) is 19.9 Å². The number of non-ortho nitro benzene ring substituents is 2. The first-order chi connectivity index (χ1) is 44.9. The van der Waals surface area contributed by atoms with Gasteiger partial charge in [-0.2, -0.15) is 18.2 Å². The van der Waals surface area contributed by atoms with Gasteiger partial charge in [0.05, 0.1) is 44.9 Å². The third-order valence-corrected chi connectivity index (χ3v) is 14.3. The van der Waals surface area contributed by atoms with Gasteiger partial charge in [0.2, 0.25) is 0 Å². The Labute approximate surface area is 680 Å². The monoisotopic (exact) mass is 1600 g/mol. The minimum absolute atomic E-state index is 0. The molecule has 2 N–H and O–H groups in total. The predicted molar refractivity (Wildman–Crippen MR) is 355 cm³/mol. The number of fused-ring (bicyclic) bond motifs is 6. The van der Waals surface area contributed by atoms with Gasteiger partial charge in [-0.3, -0.25) is 49.8 Å². The van der Waals surface area contributed by atoms with E-state index in [9.17, 15) is 37.1 Å². The number of methoxy groups -OCH3 is 2. The molecular formula is C66H59BK2N8O17Pd2S2-. The summed E-state index contributed by atoms with van der Waals surface area (Å²) >= 11 is 0. The van der Waals surface area contributed by atoms with E-state index < -0.39 is 35.9 Å². The van der Waals surface area contributed by atoms with Crippen LogP contribution >= 0.6 is 0 Å². The quantitative estimate of drug-likeness (QED) is 0.0225. The van der Waals surface area contributed by atoms with E-state index in [4.69, 9.17) is 34.5 Å². The minimum atomic E-state index is -4.04. The molecule has 503 valence electrons. The number of aromatic nitrogens is 4. The Morgan fingerprint density at radius 1 is 0.541 bits per heavy atom. The van der Waals surface area contributed by atoms with Gasteiger partial charge in [-0.25, -0.2) is 16.8 Å². The summed E-state index contributed by atoms with van der Waals surface area (Å²) in [4.78, 5) is 56.7.